The molecule has 1 aliphatic heterocycles. The van der Waals surface area contributed by atoms with Gasteiger partial charge in [0.15, 0.2) is 0 Å². The molecule has 1 N–H and O–H groups in total. The van der Waals surface area contributed by atoms with Crippen molar-refractivity contribution in [1.29, 1.82) is 0 Å². The Bertz CT molecular complexity index is 763. The molecule has 118 valence electrons. The molecule has 6 heteroatoms. The molecule has 0 bridgehead atoms. The molecule has 0 radical (unpaired) electrons. The zero-order valence-corrected chi connectivity index (χ0v) is 12.7. The van der Waals surface area contributed by atoms with E-state index in [2.05, 4.69) is 30.8 Å². The summed E-state index contributed by atoms with van der Waals surface area (Å²) in [7, 11) is 0. The number of halogens is 1. The molecule has 1 saturated heterocycles. The van der Waals surface area contributed by atoms with Crippen LogP contribution in [0.1, 0.15) is 18.2 Å². The van der Waals surface area contributed by atoms with E-state index in [-0.39, 0.29) is 5.82 Å². The highest BCUT2D eigenvalue weighted by atomic mass is 19.1. The highest BCUT2D eigenvalue weighted by Crippen LogP contribution is 2.25. The number of benzene rings is 1. The third-order valence-corrected chi connectivity index (χ3v) is 4.36. The number of H-pyrrole nitrogens is 1. The summed E-state index contributed by atoms with van der Waals surface area (Å²) in [6.45, 7) is 2.96. The monoisotopic (exact) mass is 311 g/mol. The fraction of sp³-hybridized carbons (Fsp3) is 0.294. The maximum absolute atomic E-state index is 13.0. The topological polar surface area (TPSA) is 49.7 Å². The Balaban J connectivity index is 1.44. The highest BCUT2D eigenvalue weighted by molar-refractivity contribution is 5.57. The fourth-order valence-electron chi connectivity index (χ4n) is 3.12. The molecule has 5 nitrogen and oxygen atoms in total. The van der Waals surface area contributed by atoms with E-state index in [0.717, 1.165) is 43.0 Å². The molecule has 1 fully saturated rings. The summed E-state index contributed by atoms with van der Waals surface area (Å²) in [6, 6.07) is 8.91. The molecule has 3 heterocycles. The van der Waals surface area contributed by atoms with Crippen molar-refractivity contribution in [3.8, 4) is 11.3 Å². The minimum atomic E-state index is -0.224. The van der Waals surface area contributed by atoms with Crippen molar-refractivity contribution in [2.45, 2.75) is 19.0 Å². The van der Waals surface area contributed by atoms with Crippen molar-refractivity contribution in [2.24, 2.45) is 0 Å². The molecule has 1 atom stereocenters. The quantitative estimate of drug-likeness (QED) is 0.806. The second-order valence-corrected chi connectivity index (χ2v) is 5.97. The molecule has 3 aromatic rings. The van der Waals surface area contributed by atoms with Crippen LogP contribution in [0.2, 0.25) is 0 Å². The number of nitrogens with one attached hydrogen (secondary N) is 1. The van der Waals surface area contributed by atoms with Crippen LogP contribution >= 0.6 is 0 Å². The predicted octanol–water partition coefficient (Wildman–Crippen LogP) is 2.86. The van der Waals surface area contributed by atoms with E-state index < -0.39 is 0 Å². The number of nitrogens with zero attached hydrogens (tertiary/aromatic N) is 4. The van der Waals surface area contributed by atoms with Gasteiger partial charge in [-0.05, 0) is 36.8 Å². The lowest BCUT2D eigenvalue weighted by Gasteiger charge is -2.15. The minimum Gasteiger partial charge on any atom is -0.332 e. The maximum atomic E-state index is 13.0. The Labute approximate surface area is 133 Å². The Morgan fingerprint density at radius 3 is 2.87 bits per heavy atom. The molecule has 1 unspecified atom stereocenters. The molecule has 0 spiro atoms. The summed E-state index contributed by atoms with van der Waals surface area (Å²) >= 11 is 0. The summed E-state index contributed by atoms with van der Waals surface area (Å²) in [4.78, 5) is 6.88. The number of rotatable bonds is 4. The maximum Gasteiger partial charge on any atom is 0.123 e. The largest absolute Gasteiger partial charge is 0.332 e. The Hall–Kier alpha value is -2.47. The van der Waals surface area contributed by atoms with Crippen LogP contribution in [0, 0.1) is 5.82 Å². The third kappa shape index (κ3) is 3.03. The van der Waals surface area contributed by atoms with Crippen LogP contribution in [0.3, 0.4) is 0 Å². The second-order valence-electron chi connectivity index (χ2n) is 5.97. The van der Waals surface area contributed by atoms with Crippen LogP contribution in [0.15, 0.2) is 49.1 Å². The van der Waals surface area contributed by atoms with Gasteiger partial charge in [0.1, 0.15) is 5.82 Å². The van der Waals surface area contributed by atoms with Crippen molar-refractivity contribution in [3.63, 3.8) is 0 Å². The Morgan fingerprint density at radius 1 is 1.22 bits per heavy atom. The number of imidazole rings is 1. The summed E-state index contributed by atoms with van der Waals surface area (Å²) in [5.74, 6) is -0.224. The van der Waals surface area contributed by atoms with Crippen LogP contribution in [-0.4, -0.2) is 37.7 Å². The number of aromatic amines is 1. The number of hydrogen-bond acceptors (Lipinski definition) is 3. The van der Waals surface area contributed by atoms with Crippen molar-refractivity contribution in [1.82, 2.24) is 24.6 Å². The molecule has 23 heavy (non-hydrogen) atoms. The van der Waals surface area contributed by atoms with Crippen LogP contribution in [0.4, 0.5) is 4.39 Å². The molecule has 2 aromatic heterocycles. The van der Waals surface area contributed by atoms with Gasteiger partial charge in [-0.3, -0.25) is 10.00 Å². The first kappa shape index (κ1) is 14.1. The van der Waals surface area contributed by atoms with Gasteiger partial charge in [0.25, 0.3) is 0 Å². The number of aromatic nitrogens is 4. The molecule has 0 aliphatic carbocycles. The molecule has 1 aromatic carbocycles. The average molecular weight is 311 g/mol. The lowest BCUT2D eigenvalue weighted by atomic mass is 10.2. The molecular weight excluding hydrogens is 293 g/mol. The number of likely N-dealkylation sites (tertiary alicyclic amines) is 1. The summed E-state index contributed by atoms with van der Waals surface area (Å²) < 4.78 is 15.2. The molecule has 1 aliphatic rings. The summed E-state index contributed by atoms with van der Waals surface area (Å²) in [5.41, 5.74) is 2.97. The summed E-state index contributed by atoms with van der Waals surface area (Å²) in [5, 5.41) is 7.00. The second kappa shape index (κ2) is 5.96. The first-order valence-electron chi connectivity index (χ1n) is 7.78. The van der Waals surface area contributed by atoms with E-state index in [1.807, 2.05) is 12.4 Å². The molecule has 4 rings (SSSR count). The lowest BCUT2D eigenvalue weighted by molar-refractivity contribution is 0.312. The van der Waals surface area contributed by atoms with E-state index >= 15 is 0 Å². The van der Waals surface area contributed by atoms with E-state index in [9.17, 15) is 4.39 Å². The zero-order valence-electron chi connectivity index (χ0n) is 12.7. The smallest absolute Gasteiger partial charge is 0.123 e. The fourth-order valence-corrected chi connectivity index (χ4v) is 3.12. The van der Waals surface area contributed by atoms with Crippen molar-refractivity contribution < 1.29 is 4.39 Å². The van der Waals surface area contributed by atoms with Crippen LogP contribution in [-0.2, 0) is 6.54 Å². The van der Waals surface area contributed by atoms with Crippen molar-refractivity contribution in [2.75, 3.05) is 13.1 Å². The van der Waals surface area contributed by atoms with E-state index in [4.69, 9.17) is 0 Å². The van der Waals surface area contributed by atoms with Crippen molar-refractivity contribution >= 4 is 0 Å². The van der Waals surface area contributed by atoms with Gasteiger partial charge in [0.05, 0.1) is 12.0 Å². The highest BCUT2D eigenvalue weighted by Gasteiger charge is 2.24. The molecule has 0 amide bonds. The lowest BCUT2D eigenvalue weighted by Crippen LogP contribution is -2.21. The summed E-state index contributed by atoms with van der Waals surface area (Å²) in [6.07, 6.45) is 6.82. The van der Waals surface area contributed by atoms with Gasteiger partial charge in [-0.25, -0.2) is 9.37 Å². The van der Waals surface area contributed by atoms with Gasteiger partial charge < -0.3 is 4.57 Å². The first-order valence-corrected chi connectivity index (χ1v) is 7.78. The number of hydrogen-bond donors (Lipinski definition) is 1. The Kier molecular flexibility index (Phi) is 3.67. The van der Waals surface area contributed by atoms with Gasteiger partial charge >= 0.3 is 0 Å². The van der Waals surface area contributed by atoms with Gasteiger partial charge in [0, 0.05) is 49.3 Å². The van der Waals surface area contributed by atoms with E-state index in [1.54, 1.807) is 18.3 Å². The minimum absolute atomic E-state index is 0.224. The van der Waals surface area contributed by atoms with Crippen LogP contribution in [0.25, 0.3) is 11.3 Å². The van der Waals surface area contributed by atoms with Gasteiger partial charge in [-0.1, -0.05) is 0 Å². The molecule has 0 saturated carbocycles. The standard InChI is InChI=1S/C17H18FN5/c18-14-3-1-13(2-4-14)17-11-23(12-19-17)16-6-8-22(10-16)9-15-5-7-20-21-15/h1-5,7,11-12,16H,6,8-10H2,(H,20,21). The molecular formula is C17H18FN5. The van der Waals surface area contributed by atoms with Gasteiger partial charge in [-0.15, -0.1) is 0 Å². The van der Waals surface area contributed by atoms with Crippen LogP contribution in [0.5, 0.6) is 0 Å². The Morgan fingerprint density at radius 2 is 2.09 bits per heavy atom. The predicted molar refractivity (Wildman–Crippen MR) is 85.1 cm³/mol. The normalized spacial score (nSPS) is 18.6. The third-order valence-electron chi connectivity index (χ3n) is 4.36. The zero-order chi connectivity index (χ0) is 15.6. The van der Waals surface area contributed by atoms with Gasteiger partial charge in [-0.2, -0.15) is 5.10 Å². The average Bonchev–Trinajstić information content (AvgIpc) is 3.29. The van der Waals surface area contributed by atoms with Crippen LogP contribution < -0.4 is 0 Å². The SMILES string of the molecule is Fc1ccc(-c2cn(C3CCN(Cc4ccn[nH]4)C3)cn2)cc1. The van der Waals surface area contributed by atoms with E-state index in [0.29, 0.717) is 6.04 Å². The van der Waals surface area contributed by atoms with E-state index in [1.165, 1.54) is 12.1 Å². The first-order chi connectivity index (χ1) is 11.3. The van der Waals surface area contributed by atoms with Crippen molar-refractivity contribution in [3.05, 3.63) is 60.6 Å². The van der Waals surface area contributed by atoms with Gasteiger partial charge in [0.2, 0.25) is 0 Å².